The lowest BCUT2D eigenvalue weighted by Crippen LogP contribution is -2.18. The highest BCUT2D eigenvalue weighted by Crippen LogP contribution is 2.31. The number of para-hydroxylation sites is 1. The third-order valence-electron chi connectivity index (χ3n) is 4.01. The van der Waals surface area contributed by atoms with Gasteiger partial charge in [0.05, 0.1) is 16.8 Å². The average Bonchev–Trinajstić information content (AvgIpc) is 3.16. The summed E-state index contributed by atoms with van der Waals surface area (Å²) in [5.41, 5.74) is 4.19. The molecule has 1 amide bonds. The van der Waals surface area contributed by atoms with E-state index in [9.17, 15) is 4.79 Å². The van der Waals surface area contributed by atoms with Gasteiger partial charge in [-0.1, -0.05) is 47.5 Å². The molecule has 0 saturated carbocycles. The maximum Gasteiger partial charge on any atom is 0.289 e. The van der Waals surface area contributed by atoms with Crippen LogP contribution in [-0.2, 0) is 0 Å². The van der Waals surface area contributed by atoms with Gasteiger partial charge in [-0.2, -0.15) is 5.10 Å². The van der Waals surface area contributed by atoms with Gasteiger partial charge >= 0.3 is 0 Å². The predicted octanol–water partition coefficient (Wildman–Crippen LogP) is 5.57. The van der Waals surface area contributed by atoms with Gasteiger partial charge in [-0.25, -0.2) is 10.4 Å². The Morgan fingerprint density at radius 3 is 2.75 bits per heavy atom. The number of hydrogen-bond donors (Lipinski definition) is 1. The number of carbonyl (C=O) groups excluding carboxylic acids is 1. The fourth-order valence-electron chi connectivity index (χ4n) is 2.66. The van der Waals surface area contributed by atoms with Crippen LogP contribution in [0.25, 0.3) is 22.2 Å². The van der Waals surface area contributed by atoms with E-state index in [1.54, 1.807) is 36.4 Å². The van der Waals surface area contributed by atoms with Crippen molar-refractivity contribution in [2.75, 3.05) is 0 Å². The average molecular weight is 410 g/mol. The van der Waals surface area contributed by atoms with Crippen LogP contribution in [0.1, 0.15) is 16.2 Å². The molecule has 28 heavy (non-hydrogen) atoms. The minimum atomic E-state index is -0.408. The fourth-order valence-corrected chi connectivity index (χ4v) is 3.16. The first-order valence-corrected chi connectivity index (χ1v) is 9.10. The molecule has 7 heteroatoms. The number of pyridine rings is 1. The van der Waals surface area contributed by atoms with Gasteiger partial charge < -0.3 is 4.42 Å². The molecule has 0 atom stereocenters. The van der Waals surface area contributed by atoms with Crippen LogP contribution in [-0.4, -0.2) is 17.1 Å². The number of rotatable bonds is 4. The number of furan rings is 1. The fraction of sp³-hybridized carbons (Fsp3) is 0. The highest BCUT2D eigenvalue weighted by atomic mass is 35.5. The Bertz CT molecular complexity index is 1200. The lowest BCUT2D eigenvalue weighted by Gasteiger charge is -2.01. The van der Waals surface area contributed by atoms with Gasteiger partial charge in [0, 0.05) is 16.0 Å². The second kappa shape index (κ2) is 7.84. The summed E-state index contributed by atoms with van der Waals surface area (Å²) in [4.78, 5) is 16.6. The second-order valence-electron chi connectivity index (χ2n) is 5.91. The molecule has 138 valence electrons. The molecule has 2 aromatic carbocycles. The van der Waals surface area contributed by atoms with Gasteiger partial charge in [-0.3, -0.25) is 4.79 Å². The van der Waals surface area contributed by atoms with Gasteiger partial charge in [0.25, 0.3) is 5.91 Å². The molecule has 0 unspecified atom stereocenters. The van der Waals surface area contributed by atoms with E-state index in [0.29, 0.717) is 21.6 Å². The molecule has 2 heterocycles. The van der Waals surface area contributed by atoms with Crippen molar-refractivity contribution < 1.29 is 9.21 Å². The lowest BCUT2D eigenvalue weighted by molar-refractivity contribution is 0.0950. The smallest absolute Gasteiger partial charge is 0.289 e. The Morgan fingerprint density at radius 2 is 1.89 bits per heavy atom. The second-order valence-corrected chi connectivity index (χ2v) is 6.76. The van der Waals surface area contributed by atoms with Crippen molar-refractivity contribution in [3.63, 3.8) is 0 Å². The Labute approximate surface area is 170 Å². The molecule has 4 rings (SSSR count). The minimum absolute atomic E-state index is 0.281. The monoisotopic (exact) mass is 409 g/mol. The zero-order chi connectivity index (χ0) is 19.5. The normalized spacial score (nSPS) is 11.2. The topological polar surface area (TPSA) is 67.5 Å². The molecule has 4 aromatic rings. The van der Waals surface area contributed by atoms with Gasteiger partial charge in [-0.15, -0.1) is 0 Å². The van der Waals surface area contributed by atoms with Crippen LogP contribution >= 0.6 is 23.2 Å². The van der Waals surface area contributed by atoms with Crippen LogP contribution in [0.5, 0.6) is 0 Å². The SMILES string of the molecule is O=C(NN=Cc1ccc(-c2ccc(Cl)cc2Cl)o1)c1ccc2ccccc2n1. The van der Waals surface area contributed by atoms with Crippen molar-refractivity contribution in [1.29, 1.82) is 0 Å². The first kappa shape index (κ1) is 18.2. The molecule has 0 aliphatic carbocycles. The number of fused-ring (bicyclic) bond motifs is 1. The van der Waals surface area contributed by atoms with E-state index in [1.807, 2.05) is 30.3 Å². The van der Waals surface area contributed by atoms with Gasteiger partial charge in [0.1, 0.15) is 17.2 Å². The van der Waals surface area contributed by atoms with E-state index in [0.717, 1.165) is 16.5 Å². The quantitative estimate of drug-likeness (QED) is 0.354. The number of benzene rings is 2. The number of nitrogens with one attached hydrogen (secondary N) is 1. The number of amides is 1. The van der Waals surface area contributed by atoms with Gasteiger partial charge in [0.15, 0.2) is 0 Å². The zero-order valence-corrected chi connectivity index (χ0v) is 15.9. The Morgan fingerprint density at radius 1 is 1.04 bits per heavy atom. The van der Waals surface area contributed by atoms with Crippen molar-refractivity contribution in [2.24, 2.45) is 5.10 Å². The molecule has 0 bridgehead atoms. The molecule has 1 N–H and O–H groups in total. The maximum atomic E-state index is 12.2. The Hall–Kier alpha value is -3.15. The van der Waals surface area contributed by atoms with Crippen LogP contribution in [0, 0.1) is 0 Å². The standard InChI is InChI=1S/C21H13Cl2N3O2/c22-14-6-8-16(17(23)11-14)20-10-7-15(28-20)12-24-26-21(27)19-9-5-13-3-1-2-4-18(13)25-19/h1-12H,(H,26,27). The Kier molecular flexibility index (Phi) is 5.10. The summed E-state index contributed by atoms with van der Waals surface area (Å²) in [6.07, 6.45) is 1.41. The molecule has 0 spiro atoms. The third kappa shape index (κ3) is 3.91. The molecule has 5 nitrogen and oxygen atoms in total. The summed E-state index contributed by atoms with van der Waals surface area (Å²) >= 11 is 12.1. The minimum Gasteiger partial charge on any atom is -0.455 e. The van der Waals surface area contributed by atoms with Crippen molar-refractivity contribution in [1.82, 2.24) is 10.4 Å². The van der Waals surface area contributed by atoms with E-state index >= 15 is 0 Å². The number of halogens is 2. The lowest BCUT2D eigenvalue weighted by atomic mass is 10.2. The van der Waals surface area contributed by atoms with E-state index in [2.05, 4.69) is 15.5 Å². The summed E-state index contributed by atoms with van der Waals surface area (Å²) < 4.78 is 5.69. The largest absolute Gasteiger partial charge is 0.455 e. The van der Waals surface area contributed by atoms with Gasteiger partial charge in [-0.05, 0) is 42.5 Å². The molecule has 0 radical (unpaired) electrons. The molecule has 0 aliphatic rings. The van der Waals surface area contributed by atoms with Crippen molar-refractivity contribution in [3.05, 3.63) is 88.2 Å². The highest BCUT2D eigenvalue weighted by molar-refractivity contribution is 6.36. The van der Waals surface area contributed by atoms with Crippen LogP contribution in [0.15, 0.2) is 76.2 Å². The summed E-state index contributed by atoms with van der Waals surface area (Å²) in [7, 11) is 0. The molecule has 0 saturated heterocycles. The van der Waals surface area contributed by atoms with Crippen molar-refractivity contribution >= 4 is 46.2 Å². The summed E-state index contributed by atoms with van der Waals surface area (Å²) in [5, 5.41) is 5.93. The van der Waals surface area contributed by atoms with E-state index in [4.69, 9.17) is 27.6 Å². The summed E-state index contributed by atoms with van der Waals surface area (Å²) in [6, 6.07) is 19.7. The van der Waals surface area contributed by atoms with Crippen LogP contribution in [0.4, 0.5) is 0 Å². The van der Waals surface area contributed by atoms with E-state index in [-0.39, 0.29) is 5.69 Å². The number of carbonyl (C=O) groups is 1. The predicted molar refractivity (Wildman–Crippen MR) is 111 cm³/mol. The van der Waals surface area contributed by atoms with Crippen LogP contribution in [0.3, 0.4) is 0 Å². The van der Waals surface area contributed by atoms with Crippen molar-refractivity contribution in [3.8, 4) is 11.3 Å². The maximum absolute atomic E-state index is 12.2. The molecular weight excluding hydrogens is 397 g/mol. The number of aromatic nitrogens is 1. The van der Waals surface area contributed by atoms with Crippen LogP contribution < -0.4 is 5.43 Å². The molecule has 0 aliphatic heterocycles. The molecular formula is C21H13Cl2N3O2. The van der Waals surface area contributed by atoms with Crippen LogP contribution in [0.2, 0.25) is 10.0 Å². The van der Waals surface area contributed by atoms with Crippen molar-refractivity contribution in [2.45, 2.75) is 0 Å². The third-order valence-corrected chi connectivity index (χ3v) is 4.56. The highest BCUT2D eigenvalue weighted by Gasteiger charge is 2.09. The first-order chi connectivity index (χ1) is 13.6. The number of hydrogen-bond acceptors (Lipinski definition) is 4. The molecule has 2 aromatic heterocycles. The molecule has 0 fully saturated rings. The van der Waals surface area contributed by atoms with E-state index < -0.39 is 5.91 Å². The van der Waals surface area contributed by atoms with Gasteiger partial charge in [0.2, 0.25) is 0 Å². The summed E-state index contributed by atoms with van der Waals surface area (Å²) in [6.45, 7) is 0. The number of nitrogens with zero attached hydrogens (tertiary/aromatic N) is 2. The first-order valence-electron chi connectivity index (χ1n) is 8.34. The summed E-state index contributed by atoms with van der Waals surface area (Å²) in [5.74, 6) is 0.632. The Balaban J connectivity index is 1.46. The number of hydrazone groups is 1. The zero-order valence-electron chi connectivity index (χ0n) is 14.4. The van der Waals surface area contributed by atoms with E-state index in [1.165, 1.54) is 6.21 Å².